The molecule has 1 amide bonds. The Labute approximate surface area is 209 Å². The molecular formula is C27H27N5O2S. The Kier molecular flexibility index (Phi) is 8.05. The summed E-state index contributed by atoms with van der Waals surface area (Å²) in [6.07, 6.45) is 4.74. The molecule has 0 saturated carbocycles. The highest BCUT2D eigenvalue weighted by atomic mass is 32.2. The third-order valence-corrected chi connectivity index (χ3v) is 6.48. The molecule has 0 radical (unpaired) electrons. The lowest BCUT2D eigenvalue weighted by atomic mass is 10.1. The van der Waals surface area contributed by atoms with Crippen LogP contribution in [0.5, 0.6) is 0 Å². The number of hydrogen-bond donors (Lipinski definition) is 1. The van der Waals surface area contributed by atoms with E-state index < -0.39 is 0 Å². The van der Waals surface area contributed by atoms with Crippen LogP contribution < -0.4 is 5.32 Å². The van der Waals surface area contributed by atoms with E-state index in [1.165, 1.54) is 11.8 Å². The zero-order chi connectivity index (χ0) is 24.6. The first-order valence-corrected chi connectivity index (χ1v) is 12.4. The number of carbonyl (C=O) groups excluding carboxylic acids is 2. The predicted octanol–water partition coefficient (Wildman–Crippen LogP) is 5.49. The minimum Gasteiger partial charge on any atom is -0.326 e. The Morgan fingerprint density at radius 1 is 1.00 bits per heavy atom. The Morgan fingerprint density at radius 3 is 2.46 bits per heavy atom. The number of Topliss-reactive ketones (excluding diaryl/α,β-unsaturated/α-hetero) is 1. The van der Waals surface area contributed by atoms with Crippen LogP contribution in [0.2, 0.25) is 0 Å². The predicted molar refractivity (Wildman–Crippen MR) is 138 cm³/mol. The molecule has 0 aliphatic rings. The van der Waals surface area contributed by atoms with Gasteiger partial charge in [-0.2, -0.15) is 0 Å². The number of aromatic nitrogens is 4. The van der Waals surface area contributed by atoms with Gasteiger partial charge in [-0.25, -0.2) is 0 Å². The largest absolute Gasteiger partial charge is 0.326 e. The van der Waals surface area contributed by atoms with Gasteiger partial charge in [-0.15, -0.1) is 10.2 Å². The number of ketones is 1. The van der Waals surface area contributed by atoms with E-state index in [0.717, 1.165) is 17.5 Å². The van der Waals surface area contributed by atoms with E-state index in [0.29, 0.717) is 35.2 Å². The van der Waals surface area contributed by atoms with Crippen LogP contribution in [0.15, 0.2) is 84.3 Å². The molecule has 1 N–H and O–H groups in total. The highest BCUT2D eigenvalue weighted by Gasteiger charge is 2.22. The summed E-state index contributed by atoms with van der Waals surface area (Å²) in [5, 5.41) is 12.0. The van der Waals surface area contributed by atoms with E-state index in [4.69, 9.17) is 0 Å². The maximum atomic E-state index is 13.2. The maximum absolute atomic E-state index is 13.2. The van der Waals surface area contributed by atoms with Crippen LogP contribution in [0.4, 0.5) is 5.69 Å². The highest BCUT2D eigenvalue weighted by Crippen LogP contribution is 2.29. The van der Waals surface area contributed by atoms with E-state index >= 15 is 0 Å². The van der Waals surface area contributed by atoms with Gasteiger partial charge in [0, 0.05) is 35.6 Å². The van der Waals surface area contributed by atoms with Crippen LogP contribution in [-0.4, -0.2) is 36.7 Å². The summed E-state index contributed by atoms with van der Waals surface area (Å²) in [6, 6.07) is 20.9. The third-order valence-electron chi connectivity index (χ3n) is 5.40. The molecule has 2 aromatic heterocycles. The monoisotopic (exact) mass is 485 g/mol. The zero-order valence-corrected chi connectivity index (χ0v) is 20.5. The van der Waals surface area contributed by atoms with Gasteiger partial charge < -0.3 is 5.32 Å². The third kappa shape index (κ3) is 6.22. The number of nitrogens with one attached hydrogen (secondary N) is 1. The Morgan fingerprint density at radius 2 is 1.77 bits per heavy atom. The normalized spacial score (nSPS) is 11.7. The lowest BCUT2D eigenvalue weighted by molar-refractivity contribution is -0.116. The summed E-state index contributed by atoms with van der Waals surface area (Å²) in [4.78, 5) is 29.2. The van der Waals surface area contributed by atoms with Gasteiger partial charge in [-0.1, -0.05) is 49.0 Å². The molecule has 2 aromatic carbocycles. The summed E-state index contributed by atoms with van der Waals surface area (Å²) >= 11 is 1.38. The molecule has 0 aliphatic heterocycles. The first-order chi connectivity index (χ1) is 17.0. The van der Waals surface area contributed by atoms with E-state index in [2.05, 4.69) is 32.6 Å². The summed E-state index contributed by atoms with van der Waals surface area (Å²) < 4.78 is 2.02. The van der Waals surface area contributed by atoms with Crippen LogP contribution in [0.3, 0.4) is 0 Å². The second-order valence-electron chi connectivity index (χ2n) is 8.12. The van der Waals surface area contributed by atoms with Crippen molar-refractivity contribution < 1.29 is 9.59 Å². The van der Waals surface area contributed by atoms with Crippen molar-refractivity contribution in [1.29, 1.82) is 0 Å². The van der Waals surface area contributed by atoms with Crippen molar-refractivity contribution in [2.75, 3.05) is 5.32 Å². The molecule has 0 spiro atoms. The van der Waals surface area contributed by atoms with Crippen LogP contribution in [0.1, 0.15) is 42.6 Å². The lowest BCUT2D eigenvalue weighted by Crippen LogP contribution is -2.15. The van der Waals surface area contributed by atoms with Crippen molar-refractivity contribution in [3.63, 3.8) is 0 Å². The summed E-state index contributed by atoms with van der Waals surface area (Å²) in [7, 11) is 0. The Hall–Kier alpha value is -3.78. The van der Waals surface area contributed by atoms with Gasteiger partial charge in [0.2, 0.25) is 5.91 Å². The van der Waals surface area contributed by atoms with Crippen molar-refractivity contribution in [2.24, 2.45) is 0 Å². The molecule has 178 valence electrons. The minimum atomic E-state index is -0.379. The minimum absolute atomic E-state index is 0.0152. The van der Waals surface area contributed by atoms with Gasteiger partial charge in [0.1, 0.15) is 0 Å². The average Bonchev–Trinajstić information content (AvgIpc) is 3.27. The van der Waals surface area contributed by atoms with Crippen LogP contribution >= 0.6 is 11.8 Å². The SMILES string of the molecule is CCCC(=O)Nc1ccc(C(=O)C(C)Sc2nnc(-c3cccnc3)n2Cc2ccccc2)cc1. The lowest BCUT2D eigenvalue weighted by Gasteiger charge is -2.14. The smallest absolute Gasteiger partial charge is 0.224 e. The number of thioether (sulfide) groups is 1. The van der Waals surface area contributed by atoms with Crippen molar-refractivity contribution in [1.82, 2.24) is 19.7 Å². The second kappa shape index (κ2) is 11.6. The molecule has 0 saturated heterocycles. The highest BCUT2D eigenvalue weighted by molar-refractivity contribution is 8.00. The van der Waals surface area contributed by atoms with Gasteiger partial charge in [-0.3, -0.25) is 19.1 Å². The summed E-state index contributed by atoms with van der Waals surface area (Å²) in [6.45, 7) is 4.41. The number of pyridine rings is 1. The molecule has 8 heteroatoms. The second-order valence-corrected chi connectivity index (χ2v) is 9.43. The number of nitrogens with zero attached hydrogens (tertiary/aromatic N) is 4. The first kappa shape index (κ1) is 24.3. The first-order valence-electron chi connectivity index (χ1n) is 11.5. The van der Waals surface area contributed by atoms with E-state index in [-0.39, 0.29) is 16.9 Å². The molecule has 0 fully saturated rings. The molecule has 4 rings (SSSR count). The molecule has 7 nitrogen and oxygen atoms in total. The fourth-order valence-electron chi connectivity index (χ4n) is 3.61. The van der Waals surface area contributed by atoms with Crippen LogP contribution in [0, 0.1) is 0 Å². The average molecular weight is 486 g/mol. The molecule has 2 heterocycles. The fraction of sp³-hybridized carbons (Fsp3) is 0.222. The van der Waals surface area contributed by atoms with Gasteiger partial charge in [-0.05, 0) is 55.3 Å². The van der Waals surface area contributed by atoms with Gasteiger partial charge in [0.25, 0.3) is 0 Å². The van der Waals surface area contributed by atoms with Crippen molar-refractivity contribution >= 4 is 29.1 Å². The molecule has 0 aliphatic carbocycles. The van der Waals surface area contributed by atoms with Gasteiger partial charge >= 0.3 is 0 Å². The summed E-state index contributed by atoms with van der Waals surface area (Å²) in [5.74, 6) is 0.660. The van der Waals surface area contributed by atoms with Crippen molar-refractivity contribution in [3.05, 3.63) is 90.3 Å². The van der Waals surface area contributed by atoms with Crippen LogP contribution in [0.25, 0.3) is 11.4 Å². The molecular weight excluding hydrogens is 458 g/mol. The number of rotatable bonds is 10. The van der Waals surface area contributed by atoms with E-state index in [1.54, 1.807) is 36.7 Å². The Bertz CT molecular complexity index is 1270. The number of carbonyl (C=O) groups is 2. The van der Waals surface area contributed by atoms with Gasteiger partial charge in [0.05, 0.1) is 11.8 Å². The number of amides is 1. The molecule has 4 aromatic rings. The van der Waals surface area contributed by atoms with Gasteiger partial charge in [0.15, 0.2) is 16.8 Å². The fourth-order valence-corrected chi connectivity index (χ4v) is 4.53. The van der Waals surface area contributed by atoms with Crippen LogP contribution in [-0.2, 0) is 11.3 Å². The summed E-state index contributed by atoms with van der Waals surface area (Å²) in [5.41, 5.74) is 3.24. The van der Waals surface area contributed by atoms with E-state index in [1.807, 2.05) is 48.7 Å². The van der Waals surface area contributed by atoms with Crippen molar-refractivity contribution in [2.45, 2.75) is 43.6 Å². The molecule has 0 bridgehead atoms. The quantitative estimate of drug-likeness (QED) is 0.236. The van der Waals surface area contributed by atoms with E-state index in [9.17, 15) is 9.59 Å². The topological polar surface area (TPSA) is 89.8 Å². The number of anilines is 1. The number of hydrogen-bond acceptors (Lipinski definition) is 6. The van der Waals surface area contributed by atoms with Crippen molar-refractivity contribution in [3.8, 4) is 11.4 Å². The number of benzene rings is 2. The zero-order valence-electron chi connectivity index (χ0n) is 19.7. The maximum Gasteiger partial charge on any atom is 0.224 e. The Balaban J connectivity index is 1.53. The standard InChI is InChI=1S/C27H27N5O2S/c1-3-8-24(33)29-23-14-12-21(13-15-23)25(34)19(2)35-27-31-30-26(22-11-7-16-28-17-22)32(27)18-20-9-5-4-6-10-20/h4-7,9-17,19H,3,8,18H2,1-2H3,(H,29,33). The molecule has 1 atom stereocenters. The molecule has 1 unspecified atom stereocenters. The molecule has 35 heavy (non-hydrogen) atoms.